The third-order valence-corrected chi connectivity index (χ3v) is 3.68. The van der Waals surface area contributed by atoms with Gasteiger partial charge in [0.15, 0.2) is 0 Å². The summed E-state index contributed by atoms with van der Waals surface area (Å²) in [6.07, 6.45) is 4.19. The first-order valence-electron chi connectivity index (χ1n) is 8.00. The summed E-state index contributed by atoms with van der Waals surface area (Å²) in [6.45, 7) is 14.8. The van der Waals surface area contributed by atoms with Crippen molar-refractivity contribution >= 4 is 6.01 Å². The van der Waals surface area contributed by atoms with Gasteiger partial charge in [-0.15, -0.1) is 0 Å². The standard InChI is InChI=1S/C16H31N3O/c1-6-14(7-2)11-19(8-3)16-18-15(12-20-16)10-17-9-13(4)5/h12-14,17H,6-11H2,1-5H3. The van der Waals surface area contributed by atoms with Crippen molar-refractivity contribution in [2.45, 2.75) is 54.0 Å². The average Bonchev–Trinajstić information content (AvgIpc) is 2.88. The SMILES string of the molecule is CCC(CC)CN(CC)c1nc(CNCC(C)C)co1. The number of hydrogen-bond donors (Lipinski definition) is 1. The Hall–Kier alpha value is -1.03. The Morgan fingerprint density at radius 3 is 2.50 bits per heavy atom. The summed E-state index contributed by atoms with van der Waals surface area (Å²) in [5.41, 5.74) is 0.989. The van der Waals surface area contributed by atoms with E-state index in [1.54, 1.807) is 6.26 Å². The number of oxazole rings is 1. The van der Waals surface area contributed by atoms with Crippen LogP contribution in [0.3, 0.4) is 0 Å². The average molecular weight is 281 g/mol. The van der Waals surface area contributed by atoms with Gasteiger partial charge in [0.1, 0.15) is 6.26 Å². The van der Waals surface area contributed by atoms with E-state index in [1.165, 1.54) is 12.8 Å². The smallest absolute Gasteiger partial charge is 0.297 e. The van der Waals surface area contributed by atoms with E-state index in [-0.39, 0.29) is 0 Å². The molecule has 0 atom stereocenters. The molecule has 0 amide bonds. The highest BCUT2D eigenvalue weighted by Crippen LogP contribution is 2.18. The molecule has 1 aromatic rings. The third kappa shape index (κ3) is 5.53. The molecule has 0 spiro atoms. The fourth-order valence-electron chi connectivity index (χ4n) is 2.21. The minimum atomic E-state index is 0.656. The number of nitrogens with one attached hydrogen (secondary N) is 1. The molecule has 0 aliphatic carbocycles. The van der Waals surface area contributed by atoms with E-state index < -0.39 is 0 Å². The molecule has 0 radical (unpaired) electrons. The van der Waals surface area contributed by atoms with Gasteiger partial charge in [-0.2, -0.15) is 4.98 Å². The van der Waals surface area contributed by atoms with E-state index in [2.05, 4.69) is 49.8 Å². The van der Waals surface area contributed by atoms with Gasteiger partial charge in [0.2, 0.25) is 0 Å². The topological polar surface area (TPSA) is 41.3 Å². The number of hydrogen-bond acceptors (Lipinski definition) is 4. The molecule has 0 fully saturated rings. The van der Waals surface area contributed by atoms with E-state index in [0.717, 1.165) is 37.9 Å². The number of aromatic nitrogens is 1. The van der Waals surface area contributed by atoms with E-state index >= 15 is 0 Å². The first-order chi connectivity index (χ1) is 9.60. The van der Waals surface area contributed by atoms with Crippen LogP contribution < -0.4 is 10.2 Å². The predicted molar refractivity (Wildman–Crippen MR) is 85.0 cm³/mol. The molecule has 0 bridgehead atoms. The Bertz CT molecular complexity index is 358. The molecule has 4 heteroatoms. The minimum Gasteiger partial charge on any atom is -0.432 e. The maximum Gasteiger partial charge on any atom is 0.297 e. The number of anilines is 1. The predicted octanol–water partition coefficient (Wildman–Crippen LogP) is 3.68. The van der Waals surface area contributed by atoms with Gasteiger partial charge in [0, 0.05) is 19.6 Å². The van der Waals surface area contributed by atoms with Crippen molar-refractivity contribution in [3.8, 4) is 0 Å². The lowest BCUT2D eigenvalue weighted by Crippen LogP contribution is -2.29. The monoisotopic (exact) mass is 281 g/mol. The Morgan fingerprint density at radius 2 is 1.95 bits per heavy atom. The van der Waals surface area contributed by atoms with Crippen LogP contribution in [0.15, 0.2) is 10.7 Å². The molecule has 0 aromatic carbocycles. The van der Waals surface area contributed by atoms with Crippen LogP contribution >= 0.6 is 0 Å². The molecule has 20 heavy (non-hydrogen) atoms. The van der Waals surface area contributed by atoms with Gasteiger partial charge < -0.3 is 14.6 Å². The highest BCUT2D eigenvalue weighted by Gasteiger charge is 2.15. The third-order valence-electron chi connectivity index (χ3n) is 3.68. The van der Waals surface area contributed by atoms with Gasteiger partial charge in [-0.1, -0.05) is 40.5 Å². The van der Waals surface area contributed by atoms with Crippen LogP contribution in [-0.4, -0.2) is 24.6 Å². The molecule has 0 aliphatic heterocycles. The van der Waals surface area contributed by atoms with Crippen LogP contribution in [0.5, 0.6) is 0 Å². The van der Waals surface area contributed by atoms with Crippen molar-refractivity contribution in [1.82, 2.24) is 10.3 Å². The molecule has 1 rings (SSSR count). The molecule has 4 nitrogen and oxygen atoms in total. The second kappa shape index (κ2) is 9.01. The largest absolute Gasteiger partial charge is 0.432 e. The maximum absolute atomic E-state index is 5.64. The van der Waals surface area contributed by atoms with Gasteiger partial charge in [-0.3, -0.25) is 0 Å². The van der Waals surface area contributed by atoms with Crippen molar-refractivity contribution in [3.05, 3.63) is 12.0 Å². The van der Waals surface area contributed by atoms with Crippen LogP contribution in [0.1, 0.15) is 53.2 Å². The van der Waals surface area contributed by atoms with Crippen LogP contribution in [0, 0.1) is 11.8 Å². The zero-order valence-electron chi connectivity index (χ0n) is 13.8. The van der Waals surface area contributed by atoms with Gasteiger partial charge in [0.05, 0.1) is 5.69 Å². The Morgan fingerprint density at radius 1 is 1.25 bits per heavy atom. The van der Waals surface area contributed by atoms with E-state index in [1.807, 2.05) is 0 Å². The summed E-state index contributed by atoms with van der Waals surface area (Å²) in [6, 6.07) is 0.765. The lowest BCUT2D eigenvalue weighted by atomic mass is 10.0. The molecule has 0 aliphatic rings. The zero-order valence-corrected chi connectivity index (χ0v) is 13.8. The summed E-state index contributed by atoms with van der Waals surface area (Å²) < 4.78 is 5.64. The van der Waals surface area contributed by atoms with Crippen molar-refractivity contribution in [2.75, 3.05) is 24.5 Å². The summed E-state index contributed by atoms with van der Waals surface area (Å²) in [4.78, 5) is 6.84. The van der Waals surface area contributed by atoms with Crippen LogP contribution in [-0.2, 0) is 6.54 Å². The van der Waals surface area contributed by atoms with Gasteiger partial charge in [-0.05, 0) is 25.3 Å². The molecule has 0 saturated carbocycles. The molecule has 116 valence electrons. The fourth-order valence-corrected chi connectivity index (χ4v) is 2.21. The Balaban J connectivity index is 2.54. The van der Waals surface area contributed by atoms with Crippen LogP contribution in [0.4, 0.5) is 6.01 Å². The number of rotatable bonds is 10. The molecular formula is C16H31N3O. The van der Waals surface area contributed by atoms with Crippen molar-refractivity contribution in [3.63, 3.8) is 0 Å². The fraction of sp³-hybridized carbons (Fsp3) is 0.812. The second-order valence-corrected chi connectivity index (χ2v) is 5.87. The minimum absolute atomic E-state index is 0.656. The van der Waals surface area contributed by atoms with Crippen molar-refractivity contribution in [1.29, 1.82) is 0 Å². The first kappa shape index (κ1) is 17.0. The Labute approximate surface area is 123 Å². The molecular weight excluding hydrogens is 250 g/mol. The molecule has 1 N–H and O–H groups in total. The summed E-state index contributed by atoms with van der Waals surface area (Å²) in [7, 11) is 0. The highest BCUT2D eigenvalue weighted by molar-refractivity contribution is 5.26. The van der Waals surface area contributed by atoms with E-state index in [0.29, 0.717) is 11.8 Å². The zero-order chi connectivity index (χ0) is 15.0. The summed E-state index contributed by atoms with van der Waals surface area (Å²) >= 11 is 0. The lowest BCUT2D eigenvalue weighted by Gasteiger charge is -2.23. The van der Waals surface area contributed by atoms with E-state index in [9.17, 15) is 0 Å². The molecule has 1 heterocycles. The molecule has 0 saturated heterocycles. The second-order valence-electron chi connectivity index (χ2n) is 5.87. The summed E-state index contributed by atoms with van der Waals surface area (Å²) in [5.74, 6) is 1.37. The highest BCUT2D eigenvalue weighted by atomic mass is 16.4. The van der Waals surface area contributed by atoms with Crippen LogP contribution in [0.25, 0.3) is 0 Å². The lowest BCUT2D eigenvalue weighted by molar-refractivity contribution is 0.456. The van der Waals surface area contributed by atoms with Gasteiger partial charge in [-0.25, -0.2) is 0 Å². The normalized spacial score (nSPS) is 11.6. The quantitative estimate of drug-likeness (QED) is 0.710. The molecule has 0 unspecified atom stereocenters. The van der Waals surface area contributed by atoms with Crippen molar-refractivity contribution in [2.24, 2.45) is 11.8 Å². The Kier molecular flexibility index (Phi) is 7.67. The van der Waals surface area contributed by atoms with E-state index in [4.69, 9.17) is 4.42 Å². The molecule has 1 aromatic heterocycles. The summed E-state index contributed by atoms with van der Waals surface area (Å²) in [5, 5.41) is 3.39. The maximum atomic E-state index is 5.64. The van der Waals surface area contributed by atoms with Crippen LogP contribution in [0.2, 0.25) is 0 Å². The first-order valence-corrected chi connectivity index (χ1v) is 8.00. The number of nitrogens with zero attached hydrogens (tertiary/aromatic N) is 2. The van der Waals surface area contributed by atoms with Gasteiger partial charge >= 0.3 is 0 Å². The van der Waals surface area contributed by atoms with Crippen molar-refractivity contribution < 1.29 is 4.42 Å². The van der Waals surface area contributed by atoms with Gasteiger partial charge in [0.25, 0.3) is 6.01 Å².